The Morgan fingerprint density at radius 2 is 1.15 bits per heavy atom. The summed E-state index contributed by atoms with van der Waals surface area (Å²) in [7, 11) is 2.84. The van der Waals surface area contributed by atoms with Gasteiger partial charge in [-0.15, -0.1) is 9.78 Å². The van der Waals surface area contributed by atoms with Gasteiger partial charge < -0.3 is 9.47 Å². The summed E-state index contributed by atoms with van der Waals surface area (Å²) in [5.41, 5.74) is 0.295. The minimum absolute atomic E-state index is 0.0849. The molecule has 0 fully saturated rings. The van der Waals surface area contributed by atoms with Crippen molar-refractivity contribution < 1.29 is 38.6 Å². The maximum atomic E-state index is 12.0. The van der Waals surface area contributed by atoms with Crippen molar-refractivity contribution >= 4 is 11.9 Å². The molecule has 0 atom stereocenters. The van der Waals surface area contributed by atoms with E-state index in [0.29, 0.717) is 11.5 Å². The number of ether oxygens (including phenoxy) is 2. The summed E-state index contributed by atoms with van der Waals surface area (Å²) in [5, 5.41) is 0. The maximum Gasteiger partial charge on any atom is 0.376 e. The SMILES string of the molecule is [CH2]C[C](OOC(=O)c1ccccc1OC)OOC(=O)c1ccccc1OC. The first-order chi connectivity index (χ1) is 13.1. The van der Waals surface area contributed by atoms with Crippen LogP contribution in [-0.4, -0.2) is 26.2 Å². The van der Waals surface area contributed by atoms with Crippen LogP contribution in [0.25, 0.3) is 0 Å². The highest BCUT2D eigenvalue weighted by molar-refractivity contribution is 5.92. The van der Waals surface area contributed by atoms with E-state index in [1.54, 1.807) is 36.4 Å². The van der Waals surface area contributed by atoms with E-state index in [4.69, 9.17) is 19.2 Å². The maximum absolute atomic E-state index is 12.0. The van der Waals surface area contributed by atoms with Crippen molar-refractivity contribution in [1.29, 1.82) is 0 Å². The average molecular weight is 374 g/mol. The molecule has 0 amide bonds. The molecule has 0 aliphatic heterocycles. The van der Waals surface area contributed by atoms with Crippen molar-refractivity contribution in [3.8, 4) is 11.5 Å². The molecule has 0 bridgehead atoms. The van der Waals surface area contributed by atoms with Crippen LogP contribution in [0.5, 0.6) is 11.5 Å². The van der Waals surface area contributed by atoms with Crippen molar-refractivity contribution in [3.05, 3.63) is 72.9 Å². The molecule has 2 radical (unpaired) electrons. The van der Waals surface area contributed by atoms with E-state index >= 15 is 0 Å². The lowest BCUT2D eigenvalue weighted by atomic mass is 10.2. The normalized spacial score (nSPS) is 10.4. The van der Waals surface area contributed by atoms with Crippen LogP contribution in [0, 0.1) is 13.2 Å². The highest BCUT2D eigenvalue weighted by Crippen LogP contribution is 2.22. The van der Waals surface area contributed by atoms with Crippen LogP contribution >= 0.6 is 0 Å². The number of hydrogen-bond acceptors (Lipinski definition) is 8. The van der Waals surface area contributed by atoms with E-state index in [2.05, 4.69) is 16.7 Å². The van der Waals surface area contributed by atoms with Gasteiger partial charge in [0.25, 0.3) is 0 Å². The largest absolute Gasteiger partial charge is 0.496 e. The lowest BCUT2D eigenvalue weighted by molar-refractivity contribution is -0.362. The minimum atomic E-state index is -0.821. The van der Waals surface area contributed by atoms with E-state index in [-0.39, 0.29) is 23.8 Å². The molecule has 0 saturated heterocycles. The standard InChI is InChI=1S/C19H18O8/c1-4-17(24-26-18(20)13-9-5-7-11-15(13)22-2)25-27-19(21)14-10-6-8-12-16(14)23-3/h5-12H,1,4H2,2-3H3. The van der Waals surface area contributed by atoms with E-state index < -0.39 is 11.9 Å². The zero-order valence-corrected chi connectivity index (χ0v) is 14.8. The first-order valence-corrected chi connectivity index (χ1v) is 7.79. The average Bonchev–Trinajstić information content (AvgIpc) is 2.73. The molecule has 0 aliphatic carbocycles. The molecule has 2 rings (SSSR count). The first-order valence-electron chi connectivity index (χ1n) is 7.79. The zero-order chi connectivity index (χ0) is 19.6. The quantitative estimate of drug-likeness (QED) is 0.488. The van der Waals surface area contributed by atoms with Crippen molar-refractivity contribution in [2.45, 2.75) is 6.42 Å². The monoisotopic (exact) mass is 374 g/mol. The second kappa shape index (κ2) is 10.1. The van der Waals surface area contributed by atoms with Gasteiger partial charge in [-0.1, -0.05) is 24.3 Å². The summed E-state index contributed by atoms with van der Waals surface area (Å²) < 4.78 is 10.1. The van der Waals surface area contributed by atoms with Crippen LogP contribution in [0.2, 0.25) is 0 Å². The number of carbonyl (C=O) groups is 2. The molecule has 0 spiro atoms. The molecule has 0 N–H and O–H groups in total. The minimum Gasteiger partial charge on any atom is -0.496 e. The van der Waals surface area contributed by atoms with Gasteiger partial charge in [0.15, 0.2) is 0 Å². The van der Waals surface area contributed by atoms with Crippen LogP contribution in [0.15, 0.2) is 48.5 Å². The Labute approximate surface area is 156 Å². The summed E-state index contributed by atoms with van der Waals surface area (Å²) in [4.78, 5) is 43.0. The van der Waals surface area contributed by atoms with Crippen molar-refractivity contribution in [2.24, 2.45) is 0 Å². The van der Waals surface area contributed by atoms with Gasteiger partial charge in [-0.25, -0.2) is 9.59 Å². The van der Waals surface area contributed by atoms with Crippen molar-refractivity contribution in [2.75, 3.05) is 14.2 Å². The molecule has 0 unspecified atom stereocenters. The predicted octanol–water partition coefficient (Wildman–Crippen LogP) is 3.29. The molecule has 0 aliphatic rings. The lowest BCUT2D eigenvalue weighted by Crippen LogP contribution is -2.16. The second-order valence-electron chi connectivity index (χ2n) is 4.93. The summed E-state index contributed by atoms with van der Waals surface area (Å²) in [6, 6.07) is 12.8. The smallest absolute Gasteiger partial charge is 0.376 e. The number of carbonyl (C=O) groups excluding carboxylic acids is 2. The first kappa shape index (κ1) is 20.2. The molecule has 8 heteroatoms. The van der Waals surface area contributed by atoms with Crippen LogP contribution in [0.4, 0.5) is 0 Å². The Kier molecular flexibility index (Phi) is 7.60. The van der Waals surface area contributed by atoms with Crippen molar-refractivity contribution in [3.63, 3.8) is 0 Å². The Morgan fingerprint density at radius 3 is 1.52 bits per heavy atom. The second-order valence-corrected chi connectivity index (χ2v) is 4.93. The molecule has 2 aromatic carbocycles. The van der Waals surface area contributed by atoms with Gasteiger partial charge in [0.1, 0.15) is 22.6 Å². The highest BCUT2D eigenvalue weighted by atomic mass is 17.3. The van der Waals surface area contributed by atoms with E-state index in [1.807, 2.05) is 0 Å². The molecule has 142 valence electrons. The Bertz CT molecular complexity index is 710. The Balaban J connectivity index is 1.90. The lowest BCUT2D eigenvalue weighted by Gasteiger charge is -2.13. The third-order valence-corrected chi connectivity index (χ3v) is 3.28. The molecule has 0 saturated carbocycles. The van der Waals surface area contributed by atoms with Crippen LogP contribution in [0.1, 0.15) is 27.1 Å². The molecular formula is C19H18O8. The molecule has 2 aromatic rings. The molecule has 0 aromatic heterocycles. The number of benzene rings is 2. The van der Waals surface area contributed by atoms with E-state index in [1.165, 1.54) is 26.4 Å². The summed E-state index contributed by atoms with van der Waals surface area (Å²) in [6.07, 6.45) is -0.417. The summed E-state index contributed by atoms with van der Waals surface area (Å²) in [5.74, 6) is -1.02. The van der Waals surface area contributed by atoms with Gasteiger partial charge in [-0.05, 0) is 31.2 Å². The van der Waals surface area contributed by atoms with E-state index in [9.17, 15) is 9.59 Å². The van der Waals surface area contributed by atoms with Gasteiger partial charge in [0.05, 0.1) is 14.2 Å². The third kappa shape index (κ3) is 5.44. The van der Waals surface area contributed by atoms with Gasteiger partial charge in [-0.2, -0.15) is 0 Å². The fourth-order valence-corrected chi connectivity index (χ4v) is 1.98. The fourth-order valence-electron chi connectivity index (χ4n) is 1.98. The van der Waals surface area contributed by atoms with Crippen LogP contribution in [-0.2, 0) is 19.6 Å². The van der Waals surface area contributed by atoms with Gasteiger partial charge in [0, 0.05) is 6.42 Å². The highest BCUT2D eigenvalue weighted by Gasteiger charge is 2.22. The molecule has 0 heterocycles. The van der Waals surface area contributed by atoms with Gasteiger partial charge in [0.2, 0.25) is 0 Å². The van der Waals surface area contributed by atoms with Gasteiger partial charge >= 0.3 is 18.2 Å². The van der Waals surface area contributed by atoms with Gasteiger partial charge in [-0.3, -0.25) is 9.78 Å². The Morgan fingerprint density at radius 1 is 0.741 bits per heavy atom. The van der Waals surface area contributed by atoms with Crippen molar-refractivity contribution in [1.82, 2.24) is 0 Å². The Hall–Kier alpha value is -3.10. The van der Waals surface area contributed by atoms with Crippen LogP contribution < -0.4 is 9.47 Å². The fraction of sp³-hybridized carbons (Fsp3) is 0.158. The molecule has 27 heavy (non-hydrogen) atoms. The van der Waals surface area contributed by atoms with E-state index in [0.717, 1.165) is 0 Å². The predicted molar refractivity (Wildman–Crippen MR) is 92.2 cm³/mol. The topological polar surface area (TPSA) is 89.5 Å². The summed E-state index contributed by atoms with van der Waals surface area (Å²) in [6.45, 7) is 3.54. The summed E-state index contributed by atoms with van der Waals surface area (Å²) >= 11 is 0. The van der Waals surface area contributed by atoms with Crippen LogP contribution in [0.3, 0.4) is 0 Å². The number of para-hydroxylation sites is 2. The zero-order valence-electron chi connectivity index (χ0n) is 14.8. The molecule has 8 nitrogen and oxygen atoms in total. The number of hydrogen-bond donors (Lipinski definition) is 0. The number of methoxy groups -OCH3 is 2. The third-order valence-electron chi connectivity index (χ3n) is 3.28. The molecular weight excluding hydrogens is 356 g/mol. The number of rotatable bonds is 9.